The van der Waals surface area contributed by atoms with Crippen LogP contribution in [-0.4, -0.2) is 48.9 Å². The van der Waals surface area contributed by atoms with E-state index in [9.17, 15) is 27.9 Å². The number of carbonyl (C=O) groups excluding carboxylic acids is 1. The number of piperidine rings is 1. The number of carboxylic acid groups (broad SMARTS) is 1. The number of pyridine rings is 1. The number of aromatic nitrogens is 4. The number of fused-ring (bicyclic) bond motifs is 1. The maximum Gasteiger partial charge on any atom is 0.416 e. The lowest BCUT2D eigenvalue weighted by atomic mass is 9.92. The zero-order chi connectivity index (χ0) is 27.0. The van der Waals surface area contributed by atoms with Gasteiger partial charge in [0.25, 0.3) is 5.91 Å². The van der Waals surface area contributed by atoms with E-state index in [1.807, 2.05) is 4.40 Å². The molecule has 1 fully saturated rings. The number of nitrogen functional groups attached to an aromatic ring is 1. The molecule has 0 aliphatic carbocycles. The van der Waals surface area contributed by atoms with Gasteiger partial charge in [-0.15, -0.1) is 0 Å². The predicted octanol–water partition coefficient (Wildman–Crippen LogP) is 3.56. The van der Waals surface area contributed by atoms with E-state index >= 15 is 0 Å². The first-order valence-corrected chi connectivity index (χ1v) is 11.7. The van der Waals surface area contributed by atoms with Crippen LogP contribution in [0.2, 0.25) is 0 Å². The lowest BCUT2D eigenvalue weighted by Crippen LogP contribution is -2.43. The van der Waals surface area contributed by atoms with Gasteiger partial charge in [-0.05, 0) is 43.7 Å². The maximum absolute atomic E-state index is 13.0. The summed E-state index contributed by atoms with van der Waals surface area (Å²) in [4.78, 5) is 37.0. The number of benzene rings is 1. The van der Waals surface area contributed by atoms with Crippen molar-refractivity contribution in [2.24, 2.45) is 0 Å². The summed E-state index contributed by atoms with van der Waals surface area (Å²) >= 11 is 0. The predicted molar refractivity (Wildman–Crippen MR) is 131 cm³/mol. The molecule has 2 atom stereocenters. The van der Waals surface area contributed by atoms with Gasteiger partial charge in [0.15, 0.2) is 0 Å². The minimum Gasteiger partial charge on any atom is -0.480 e. The number of imidazole rings is 1. The first-order valence-electron chi connectivity index (χ1n) is 11.7. The fourth-order valence-corrected chi connectivity index (χ4v) is 4.56. The van der Waals surface area contributed by atoms with Crippen molar-refractivity contribution < 1.29 is 27.9 Å². The SMILES string of the molecule is Nc1nccn2c([C@@H]3CCN[C@H](C(=O)O)C3)nc(-c3ccc(C(=O)Nc4cc(C(F)(F)F)ccn4)cc3)c12. The third-order valence-corrected chi connectivity index (χ3v) is 6.43. The molecule has 1 aromatic carbocycles. The quantitative estimate of drug-likeness (QED) is 0.309. The third kappa shape index (κ3) is 4.87. The first kappa shape index (κ1) is 25.1. The Morgan fingerprint density at radius 3 is 2.61 bits per heavy atom. The number of nitrogens with two attached hydrogens (primary N) is 1. The lowest BCUT2D eigenvalue weighted by Gasteiger charge is -2.27. The normalized spacial score (nSPS) is 17.9. The van der Waals surface area contributed by atoms with Gasteiger partial charge in [-0.2, -0.15) is 13.2 Å². The molecule has 0 saturated carbocycles. The second kappa shape index (κ2) is 9.74. The van der Waals surface area contributed by atoms with Gasteiger partial charge in [0, 0.05) is 35.6 Å². The molecule has 1 amide bonds. The average molecular weight is 525 g/mol. The van der Waals surface area contributed by atoms with Crippen LogP contribution in [-0.2, 0) is 11.0 Å². The van der Waals surface area contributed by atoms with E-state index in [1.165, 1.54) is 12.1 Å². The molecule has 38 heavy (non-hydrogen) atoms. The van der Waals surface area contributed by atoms with Crippen LogP contribution in [0, 0.1) is 0 Å². The number of nitrogens with one attached hydrogen (secondary N) is 2. The number of anilines is 2. The second-order valence-electron chi connectivity index (χ2n) is 8.87. The number of nitrogens with zero attached hydrogens (tertiary/aromatic N) is 4. The zero-order valence-electron chi connectivity index (χ0n) is 19.7. The van der Waals surface area contributed by atoms with E-state index in [4.69, 9.17) is 10.7 Å². The summed E-state index contributed by atoms with van der Waals surface area (Å²) in [6.45, 7) is 0.525. The molecule has 1 aliphatic heterocycles. The highest BCUT2D eigenvalue weighted by molar-refractivity contribution is 6.04. The number of rotatable bonds is 5. The summed E-state index contributed by atoms with van der Waals surface area (Å²) in [6.07, 6.45) is 0.728. The standard InChI is InChI=1S/C25H22F3N7O3/c26-25(27,28)16-6-8-31-18(12-16)33-23(36)14-3-1-13(2-4-14)19-20-21(29)32-9-10-35(20)22(34-19)15-5-7-30-17(11-15)24(37)38/h1-4,6,8-10,12,15,17,30H,5,7,11H2,(H2,29,32)(H,37,38)(H,31,33,36)/t15-,17+/m1/s1. The van der Waals surface area contributed by atoms with E-state index in [0.29, 0.717) is 42.0 Å². The number of carboxylic acids is 1. The molecule has 0 radical (unpaired) electrons. The van der Waals surface area contributed by atoms with E-state index in [2.05, 4.69) is 20.6 Å². The Morgan fingerprint density at radius 2 is 1.89 bits per heavy atom. The van der Waals surface area contributed by atoms with E-state index < -0.39 is 29.7 Å². The molecule has 1 aliphatic rings. The Morgan fingerprint density at radius 1 is 1.13 bits per heavy atom. The van der Waals surface area contributed by atoms with Crippen LogP contribution >= 0.6 is 0 Å². The Labute approximate surface area is 213 Å². The zero-order valence-corrected chi connectivity index (χ0v) is 19.7. The van der Waals surface area contributed by atoms with Crippen molar-refractivity contribution in [3.05, 3.63) is 71.9 Å². The van der Waals surface area contributed by atoms with Crippen molar-refractivity contribution in [1.29, 1.82) is 0 Å². The van der Waals surface area contributed by atoms with Gasteiger partial charge in [-0.1, -0.05) is 12.1 Å². The third-order valence-electron chi connectivity index (χ3n) is 6.43. The molecule has 13 heteroatoms. The number of hydrogen-bond donors (Lipinski definition) is 4. The molecule has 5 N–H and O–H groups in total. The van der Waals surface area contributed by atoms with E-state index in [1.54, 1.807) is 24.5 Å². The number of hydrogen-bond acceptors (Lipinski definition) is 7. The molecule has 0 bridgehead atoms. The molecule has 5 rings (SSSR count). The molecule has 0 spiro atoms. The van der Waals surface area contributed by atoms with E-state index in [-0.39, 0.29) is 23.1 Å². The number of amides is 1. The molecule has 3 aromatic heterocycles. The van der Waals surface area contributed by atoms with Crippen LogP contribution in [0.5, 0.6) is 0 Å². The summed E-state index contributed by atoms with van der Waals surface area (Å²) in [6, 6.07) is 7.22. The maximum atomic E-state index is 13.0. The minimum atomic E-state index is -4.56. The average Bonchev–Trinajstić information content (AvgIpc) is 3.29. The highest BCUT2D eigenvalue weighted by atomic mass is 19.4. The Balaban J connectivity index is 1.43. The van der Waals surface area contributed by atoms with Crippen LogP contribution < -0.4 is 16.4 Å². The lowest BCUT2D eigenvalue weighted by molar-refractivity contribution is -0.140. The summed E-state index contributed by atoms with van der Waals surface area (Å²) in [5.74, 6) is -1.01. The number of alkyl halides is 3. The summed E-state index contributed by atoms with van der Waals surface area (Å²) in [5, 5.41) is 14.8. The molecule has 196 valence electrons. The van der Waals surface area contributed by atoms with Crippen LogP contribution in [0.1, 0.15) is 40.5 Å². The van der Waals surface area contributed by atoms with Crippen molar-refractivity contribution >= 4 is 29.0 Å². The molecule has 10 nitrogen and oxygen atoms in total. The van der Waals surface area contributed by atoms with Gasteiger partial charge in [0.1, 0.15) is 34.7 Å². The van der Waals surface area contributed by atoms with Crippen molar-refractivity contribution in [3.63, 3.8) is 0 Å². The van der Waals surface area contributed by atoms with Crippen LogP contribution in [0.4, 0.5) is 24.8 Å². The topological polar surface area (TPSA) is 148 Å². The number of halogens is 3. The van der Waals surface area contributed by atoms with Crippen molar-refractivity contribution in [1.82, 2.24) is 24.7 Å². The van der Waals surface area contributed by atoms with Gasteiger partial charge in [0.2, 0.25) is 0 Å². The van der Waals surface area contributed by atoms with Gasteiger partial charge >= 0.3 is 12.1 Å². The highest BCUT2D eigenvalue weighted by Gasteiger charge is 2.32. The van der Waals surface area contributed by atoms with Crippen LogP contribution in [0.3, 0.4) is 0 Å². The fraction of sp³-hybridized carbons (Fsp3) is 0.240. The summed E-state index contributed by atoms with van der Waals surface area (Å²) in [7, 11) is 0. The van der Waals surface area contributed by atoms with Gasteiger partial charge in [-0.25, -0.2) is 15.0 Å². The largest absolute Gasteiger partial charge is 0.480 e. The monoisotopic (exact) mass is 525 g/mol. The molecular formula is C25H22F3N7O3. The highest BCUT2D eigenvalue weighted by Crippen LogP contribution is 2.35. The van der Waals surface area contributed by atoms with Crippen molar-refractivity contribution in [2.45, 2.75) is 31.0 Å². The van der Waals surface area contributed by atoms with Crippen LogP contribution in [0.25, 0.3) is 16.8 Å². The first-order chi connectivity index (χ1) is 18.1. The van der Waals surface area contributed by atoms with Gasteiger partial charge < -0.3 is 21.5 Å². The second-order valence-corrected chi connectivity index (χ2v) is 8.87. The Bertz CT molecular complexity index is 1520. The van der Waals surface area contributed by atoms with Gasteiger partial charge in [-0.3, -0.25) is 14.0 Å². The Hall–Kier alpha value is -4.52. The van der Waals surface area contributed by atoms with Crippen molar-refractivity contribution in [2.75, 3.05) is 17.6 Å². The van der Waals surface area contributed by atoms with E-state index in [0.717, 1.165) is 18.3 Å². The van der Waals surface area contributed by atoms with Crippen molar-refractivity contribution in [3.8, 4) is 11.3 Å². The molecule has 4 aromatic rings. The summed E-state index contributed by atoms with van der Waals surface area (Å²) in [5.41, 5.74) is 7.17. The fourth-order valence-electron chi connectivity index (χ4n) is 4.56. The van der Waals surface area contributed by atoms with Gasteiger partial charge in [0.05, 0.1) is 5.56 Å². The number of carbonyl (C=O) groups is 2. The smallest absolute Gasteiger partial charge is 0.416 e. The number of aliphatic carboxylic acids is 1. The van der Waals surface area contributed by atoms with Crippen LogP contribution in [0.15, 0.2) is 55.0 Å². The minimum absolute atomic E-state index is 0.134. The molecule has 4 heterocycles. The summed E-state index contributed by atoms with van der Waals surface area (Å²) < 4.78 is 40.7. The molecule has 0 unspecified atom stereocenters. The molecule has 1 saturated heterocycles. The molecular weight excluding hydrogens is 503 g/mol. The Kier molecular flexibility index (Phi) is 6.45.